The standard InChI is InChI=1S/C16H21N3O3/c1-12-11-15(19(3)17-12)16(20)18(2)9-10-22-14-7-5-13(21-4)6-8-14/h5-8,11H,9-10H2,1-4H3. The first-order valence-corrected chi connectivity index (χ1v) is 7.04. The molecule has 0 aliphatic carbocycles. The van der Waals surface area contributed by atoms with Crippen molar-refractivity contribution in [1.29, 1.82) is 0 Å². The molecule has 6 nitrogen and oxygen atoms in total. The van der Waals surface area contributed by atoms with Crippen molar-refractivity contribution in [2.24, 2.45) is 7.05 Å². The minimum Gasteiger partial charge on any atom is -0.497 e. The fraction of sp³-hybridized carbons (Fsp3) is 0.375. The highest BCUT2D eigenvalue weighted by Crippen LogP contribution is 2.16. The number of carbonyl (C=O) groups excluding carboxylic acids is 1. The third-order valence-corrected chi connectivity index (χ3v) is 3.32. The number of ether oxygens (including phenoxy) is 2. The summed E-state index contributed by atoms with van der Waals surface area (Å²) >= 11 is 0. The van der Waals surface area contributed by atoms with E-state index < -0.39 is 0 Å². The molecule has 0 bridgehead atoms. The number of carbonyl (C=O) groups is 1. The van der Waals surface area contributed by atoms with Crippen LogP contribution in [-0.2, 0) is 7.05 Å². The lowest BCUT2D eigenvalue weighted by Crippen LogP contribution is -2.32. The van der Waals surface area contributed by atoms with Gasteiger partial charge in [0, 0.05) is 14.1 Å². The van der Waals surface area contributed by atoms with Crippen LogP contribution in [0.5, 0.6) is 11.5 Å². The van der Waals surface area contributed by atoms with Crippen molar-refractivity contribution in [3.05, 3.63) is 41.7 Å². The van der Waals surface area contributed by atoms with Gasteiger partial charge in [0.15, 0.2) is 0 Å². The Kier molecular flexibility index (Phi) is 5.04. The maximum Gasteiger partial charge on any atom is 0.271 e. The lowest BCUT2D eigenvalue weighted by atomic mass is 10.3. The third-order valence-electron chi connectivity index (χ3n) is 3.32. The van der Waals surface area contributed by atoms with E-state index in [-0.39, 0.29) is 5.91 Å². The van der Waals surface area contributed by atoms with Gasteiger partial charge in [-0.15, -0.1) is 0 Å². The number of hydrogen-bond acceptors (Lipinski definition) is 4. The maximum absolute atomic E-state index is 12.3. The molecule has 0 saturated heterocycles. The summed E-state index contributed by atoms with van der Waals surface area (Å²) in [6.45, 7) is 2.78. The molecule has 0 radical (unpaired) electrons. The second-order valence-corrected chi connectivity index (χ2v) is 5.05. The molecule has 22 heavy (non-hydrogen) atoms. The van der Waals surface area contributed by atoms with E-state index in [0.717, 1.165) is 17.2 Å². The smallest absolute Gasteiger partial charge is 0.271 e. The van der Waals surface area contributed by atoms with Crippen molar-refractivity contribution < 1.29 is 14.3 Å². The molecule has 1 heterocycles. The number of benzene rings is 1. The number of rotatable bonds is 6. The van der Waals surface area contributed by atoms with Crippen molar-refractivity contribution in [1.82, 2.24) is 14.7 Å². The quantitative estimate of drug-likeness (QED) is 0.818. The van der Waals surface area contributed by atoms with Crippen LogP contribution in [0.2, 0.25) is 0 Å². The predicted octanol–water partition coefficient (Wildman–Crippen LogP) is 1.89. The fourth-order valence-corrected chi connectivity index (χ4v) is 2.08. The van der Waals surface area contributed by atoms with E-state index in [9.17, 15) is 4.79 Å². The highest BCUT2D eigenvalue weighted by atomic mass is 16.5. The van der Waals surface area contributed by atoms with Crippen molar-refractivity contribution in [2.45, 2.75) is 6.92 Å². The first-order chi connectivity index (χ1) is 10.5. The lowest BCUT2D eigenvalue weighted by Gasteiger charge is -2.17. The Balaban J connectivity index is 1.85. The first-order valence-electron chi connectivity index (χ1n) is 7.04. The van der Waals surface area contributed by atoms with E-state index in [4.69, 9.17) is 9.47 Å². The minimum absolute atomic E-state index is 0.0681. The second-order valence-electron chi connectivity index (χ2n) is 5.05. The van der Waals surface area contributed by atoms with Crippen LogP contribution in [0.4, 0.5) is 0 Å². The highest BCUT2D eigenvalue weighted by molar-refractivity contribution is 5.92. The zero-order chi connectivity index (χ0) is 16.1. The summed E-state index contributed by atoms with van der Waals surface area (Å²) in [4.78, 5) is 13.9. The van der Waals surface area contributed by atoms with Gasteiger partial charge < -0.3 is 14.4 Å². The van der Waals surface area contributed by atoms with Crippen LogP contribution in [0.25, 0.3) is 0 Å². The number of aryl methyl sites for hydroxylation is 2. The van der Waals surface area contributed by atoms with Crippen LogP contribution < -0.4 is 9.47 Å². The fourth-order valence-electron chi connectivity index (χ4n) is 2.08. The van der Waals surface area contributed by atoms with Gasteiger partial charge in [-0.1, -0.05) is 0 Å². The van der Waals surface area contributed by atoms with Gasteiger partial charge in [-0.3, -0.25) is 9.48 Å². The van der Waals surface area contributed by atoms with Crippen LogP contribution >= 0.6 is 0 Å². The molecule has 0 atom stereocenters. The summed E-state index contributed by atoms with van der Waals surface area (Å²) in [5, 5.41) is 4.18. The number of likely N-dealkylation sites (N-methyl/N-ethyl adjacent to an activating group) is 1. The van der Waals surface area contributed by atoms with Gasteiger partial charge in [-0.05, 0) is 37.3 Å². The molecule has 1 aromatic carbocycles. The van der Waals surface area contributed by atoms with Gasteiger partial charge in [0.25, 0.3) is 5.91 Å². The lowest BCUT2D eigenvalue weighted by molar-refractivity contribution is 0.0763. The van der Waals surface area contributed by atoms with E-state index >= 15 is 0 Å². The van der Waals surface area contributed by atoms with Crippen LogP contribution in [-0.4, -0.2) is 47.9 Å². The minimum atomic E-state index is -0.0681. The van der Waals surface area contributed by atoms with Gasteiger partial charge in [-0.2, -0.15) is 5.10 Å². The summed E-state index contributed by atoms with van der Waals surface area (Å²) in [5.74, 6) is 1.46. The summed E-state index contributed by atoms with van der Waals surface area (Å²) in [7, 11) is 5.14. The van der Waals surface area contributed by atoms with E-state index in [2.05, 4.69) is 5.10 Å². The number of aromatic nitrogens is 2. The second kappa shape index (κ2) is 6.98. The SMILES string of the molecule is COc1ccc(OCCN(C)C(=O)c2cc(C)nn2C)cc1. The summed E-state index contributed by atoms with van der Waals surface area (Å²) in [5.41, 5.74) is 1.40. The number of hydrogen-bond donors (Lipinski definition) is 0. The Hall–Kier alpha value is -2.50. The van der Waals surface area contributed by atoms with E-state index in [1.54, 1.807) is 36.9 Å². The summed E-state index contributed by atoms with van der Waals surface area (Å²) < 4.78 is 12.3. The molecule has 118 valence electrons. The number of nitrogens with zero attached hydrogens (tertiary/aromatic N) is 3. The Labute approximate surface area is 130 Å². The molecule has 0 saturated carbocycles. The van der Waals surface area contributed by atoms with Gasteiger partial charge in [0.05, 0.1) is 19.3 Å². The van der Waals surface area contributed by atoms with Crippen LogP contribution in [0.3, 0.4) is 0 Å². The van der Waals surface area contributed by atoms with E-state index in [1.165, 1.54) is 0 Å². The van der Waals surface area contributed by atoms with Crippen LogP contribution in [0, 0.1) is 6.92 Å². The number of methoxy groups -OCH3 is 1. The Morgan fingerprint density at radius 3 is 2.45 bits per heavy atom. The van der Waals surface area contributed by atoms with Gasteiger partial charge in [0.1, 0.15) is 23.8 Å². The first kappa shape index (κ1) is 15.9. The largest absolute Gasteiger partial charge is 0.497 e. The molecule has 2 aromatic rings. The molecular weight excluding hydrogens is 282 g/mol. The molecular formula is C16H21N3O3. The Bertz CT molecular complexity index is 635. The molecule has 6 heteroatoms. The van der Waals surface area contributed by atoms with E-state index in [0.29, 0.717) is 18.8 Å². The molecule has 0 spiro atoms. The van der Waals surface area contributed by atoms with Crippen molar-refractivity contribution in [2.75, 3.05) is 27.3 Å². The zero-order valence-corrected chi connectivity index (χ0v) is 13.4. The molecule has 0 aliphatic heterocycles. The molecule has 0 N–H and O–H groups in total. The van der Waals surface area contributed by atoms with Crippen LogP contribution in [0.1, 0.15) is 16.2 Å². The molecule has 2 rings (SSSR count). The van der Waals surface area contributed by atoms with Gasteiger partial charge in [0.2, 0.25) is 0 Å². The molecule has 1 aromatic heterocycles. The van der Waals surface area contributed by atoms with Crippen LogP contribution in [0.15, 0.2) is 30.3 Å². The Morgan fingerprint density at radius 1 is 1.27 bits per heavy atom. The van der Waals surface area contributed by atoms with Crippen molar-refractivity contribution in [3.8, 4) is 11.5 Å². The highest BCUT2D eigenvalue weighted by Gasteiger charge is 2.16. The monoisotopic (exact) mass is 303 g/mol. The molecule has 0 aliphatic rings. The Morgan fingerprint density at radius 2 is 1.91 bits per heavy atom. The molecule has 0 unspecified atom stereocenters. The molecule has 0 fully saturated rings. The van der Waals surface area contributed by atoms with Gasteiger partial charge >= 0.3 is 0 Å². The summed E-state index contributed by atoms with van der Waals surface area (Å²) in [6, 6.07) is 9.13. The van der Waals surface area contributed by atoms with Crippen molar-refractivity contribution >= 4 is 5.91 Å². The number of amides is 1. The normalized spacial score (nSPS) is 10.4. The third kappa shape index (κ3) is 3.78. The zero-order valence-electron chi connectivity index (χ0n) is 13.4. The van der Waals surface area contributed by atoms with Gasteiger partial charge in [-0.25, -0.2) is 0 Å². The topological polar surface area (TPSA) is 56.6 Å². The van der Waals surface area contributed by atoms with E-state index in [1.807, 2.05) is 31.2 Å². The summed E-state index contributed by atoms with van der Waals surface area (Å²) in [6.07, 6.45) is 0. The van der Waals surface area contributed by atoms with Crippen molar-refractivity contribution in [3.63, 3.8) is 0 Å². The average Bonchev–Trinajstić information content (AvgIpc) is 2.85. The maximum atomic E-state index is 12.3. The average molecular weight is 303 g/mol. The predicted molar refractivity (Wildman–Crippen MR) is 83.4 cm³/mol. The molecule has 1 amide bonds.